The molecule has 36 heavy (non-hydrogen) atoms. The van der Waals surface area contributed by atoms with Crippen LogP contribution in [0.3, 0.4) is 0 Å². The molecule has 2 heterocycles. The highest BCUT2D eigenvalue weighted by Crippen LogP contribution is 2.57. The van der Waals surface area contributed by atoms with Gasteiger partial charge in [-0.1, -0.05) is 19.9 Å². The highest BCUT2D eigenvalue weighted by Gasteiger charge is 2.66. The van der Waals surface area contributed by atoms with E-state index in [2.05, 4.69) is 10.1 Å². The number of pyridine rings is 1. The van der Waals surface area contributed by atoms with E-state index in [1.807, 2.05) is 0 Å². The topological polar surface area (TPSA) is 106 Å². The van der Waals surface area contributed by atoms with Crippen molar-refractivity contribution in [2.24, 2.45) is 5.84 Å². The number of aromatic nitrogens is 3. The molecule has 4 rings (SSSR count). The van der Waals surface area contributed by atoms with Crippen LogP contribution in [0.4, 0.5) is 22.0 Å². The van der Waals surface area contributed by atoms with Crippen molar-refractivity contribution >= 4 is 5.91 Å². The third kappa shape index (κ3) is 3.97. The Bertz CT molecular complexity index is 1310. The maximum Gasteiger partial charge on any atom is 0.419 e. The zero-order valence-corrected chi connectivity index (χ0v) is 19.3. The van der Waals surface area contributed by atoms with Crippen molar-refractivity contribution < 1.29 is 36.6 Å². The second-order valence-electron chi connectivity index (χ2n) is 9.16. The molecule has 0 spiro atoms. The number of carbonyl (C=O) groups excluding carboxylic acids is 1. The zero-order chi connectivity index (χ0) is 26.6. The van der Waals surface area contributed by atoms with Gasteiger partial charge < -0.3 is 9.84 Å². The summed E-state index contributed by atoms with van der Waals surface area (Å²) in [6, 6.07) is 2.19. The van der Waals surface area contributed by atoms with Crippen LogP contribution in [0.1, 0.15) is 47.8 Å². The summed E-state index contributed by atoms with van der Waals surface area (Å²) in [5.41, 5.74) is -4.99. The Kier molecular flexibility index (Phi) is 6.04. The zero-order valence-electron chi connectivity index (χ0n) is 19.3. The van der Waals surface area contributed by atoms with Crippen LogP contribution in [-0.4, -0.2) is 49.7 Å². The van der Waals surface area contributed by atoms with E-state index in [4.69, 9.17) is 10.6 Å². The molecule has 1 amide bonds. The highest BCUT2D eigenvalue weighted by atomic mass is 19.4. The summed E-state index contributed by atoms with van der Waals surface area (Å²) in [5.74, 6) is 3.03. The average Bonchev–Trinajstić information content (AvgIpc) is 3.28. The first kappa shape index (κ1) is 25.5. The Hall–Kier alpha value is -3.58. The number of ether oxygens (including phenoxy) is 1. The molecule has 3 aromatic rings. The number of amides is 1. The van der Waals surface area contributed by atoms with E-state index >= 15 is 0 Å². The number of fused-ring (bicyclic) bond motifs is 1. The molecule has 0 unspecified atom stereocenters. The number of benzene rings is 1. The second kappa shape index (κ2) is 8.52. The minimum absolute atomic E-state index is 0.0558. The number of aliphatic hydroxyl groups is 1. The van der Waals surface area contributed by atoms with Crippen molar-refractivity contribution in [1.82, 2.24) is 19.8 Å². The molecule has 192 valence electrons. The van der Waals surface area contributed by atoms with Crippen molar-refractivity contribution in [1.29, 1.82) is 0 Å². The molecule has 0 aliphatic heterocycles. The van der Waals surface area contributed by atoms with Gasteiger partial charge in [-0.3, -0.25) is 9.80 Å². The summed E-state index contributed by atoms with van der Waals surface area (Å²) in [5, 5.41) is 15.3. The van der Waals surface area contributed by atoms with Crippen LogP contribution >= 0.6 is 0 Å². The highest BCUT2D eigenvalue weighted by molar-refractivity contribution is 5.94. The van der Waals surface area contributed by atoms with E-state index in [1.165, 1.54) is 33.2 Å². The number of nitrogens with two attached hydrogens (primary N) is 1. The van der Waals surface area contributed by atoms with Gasteiger partial charge in [0.25, 0.3) is 5.91 Å². The van der Waals surface area contributed by atoms with Gasteiger partial charge in [0.05, 0.1) is 30.8 Å². The first-order valence-corrected chi connectivity index (χ1v) is 10.6. The van der Waals surface area contributed by atoms with Crippen LogP contribution in [0.25, 0.3) is 5.69 Å². The second-order valence-corrected chi connectivity index (χ2v) is 9.16. The minimum atomic E-state index is -5.21. The van der Waals surface area contributed by atoms with Crippen LogP contribution in [0.2, 0.25) is 0 Å². The lowest BCUT2D eigenvalue weighted by Gasteiger charge is -2.50. The fraction of sp³-hybridized carbons (Fsp3) is 0.348. The van der Waals surface area contributed by atoms with Gasteiger partial charge in [-0.25, -0.2) is 19.9 Å². The van der Waals surface area contributed by atoms with E-state index in [0.717, 1.165) is 35.3 Å². The van der Waals surface area contributed by atoms with Crippen LogP contribution in [0.15, 0.2) is 42.9 Å². The molecule has 1 aliphatic rings. The number of hydrogen-bond donors (Lipinski definition) is 2. The number of hydrazine groups is 1. The van der Waals surface area contributed by atoms with E-state index in [-0.39, 0.29) is 33.1 Å². The maximum absolute atomic E-state index is 14.5. The van der Waals surface area contributed by atoms with Crippen LogP contribution in [-0.2, 0) is 5.41 Å². The number of halogens is 5. The van der Waals surface area contributed by atoms with Gasteiger partial charge in [0, 0.05) is 11.8 Å². The average molecular weight is 511 g/mol. The normalized spacial score (nSPS) is 21.1. The van der Waals surface area contributed by atoms with Gasteiger partial charge in [0.2, 0.25) is 5.95 Å². The molecule has 0 radical (unpaired) electrons. The van der Waals surface area contributed by atoms with Gasteiger partial charge in [-0.05, 0) is 35.6 Å². The maximum atomic E-state index is 14.5. The predicted molar refractivity (Wildman–Crippen MR) is 116 cm³/mol. The van der Waals surface area contributed by atoms with Gasteiger partial charge in [0.15, 0.2) is 17.2 Å². The van der Waals surface area contributed by atoms with Crippen molar-refractivity contribution in [3.05, 3.63) is 71.3 Å². The Labute approximate surface area is 202 Å². The smallest absolute Gasteiger partial charge is 0.419 e. The number of nitrogens with zero attached hydrogens (tertiary/aromatic N) is 4. The van der Waals surface area contributed by atoms with Gasteiger partial charge in [-0.15, -0.1) is 0 Å². The first-order valence-electron chi connectivity index (χ1n) is 10.6. The van der Waals surface area contributed by atoms with Crippen molar-refractivity contribution in [2.75, 3.05) is 7.11 Å². The molecule has 0 bridgehead atoms. The van der Waals surface area contributed by atoms with Crippen LogP contribution in [0.5, 0.6) is 5.75 Å². The Balaban J connectivity index is 1.83. The lowest BCUT2D eigenvalue weighted by atomic mass is 9.63. The number of rotatable bonds is 4. The summed E-state index contributed by atoms with van der Waals surface area (Å²) >= 11 is 0. The molecular formula is C23H22F5N5O3. The molecular weight excluding hydrogens is 489 g/mol. The molecule has 8 nitrogen and oxygen atoms in total. The fourth-order valence-electron chi connectivity index (χ4n) is 4.79. The third-order valence-electron chi connectivity index (χ3n) is 6.29. The quantitative estimate of drug-likeness (QED) is 0.182. The molecule has 0 fully saturated rings. The summed E-state index contributed by atoms with van der Waals surface area (Å²) in [6.45, 7) is 2.81. The largest absolute Gasteiger partial charge is 0.493 e. The molecule has 2 aromatic heterocycles. The molecule has 13 heteroatoms. The Morgan fingerprint density at radius 1 is 1.22 bits per heavy atom. The summed E-state index contributed by atoms with van der Waals surface area (Å²) in [7, 11) is 1.17. The monoisotopic (exact) mass is 511 g/mol. The molecule has 2 atom stereocenters. The fourth-order valence-corrected chi connectivity index (χ4v) is 4.79. The van der Waals surface area contributed by atoms with Crippen molar-refractivity contribution in [3.8, 4) is 11.4 Å². The Morgan fingerprint density at radius 3 is 2.50 bits per heavy atom. The van der Waals surface area contributed by atoms with Crippen LogP contribution in [0, 0.1) is 11.8 Å². The van der Waals surface area contributed by atoms with Gasteiger partial charge >= 0.3 is 6.18 Å². The van der Waals surface area contributed by atoms with Crippen molar-refractivity contribution in [2.45, 2.75) is 43.5 Å². The Morgan fingerprint density at radius 2 is 1.92 bits per heavy atom. The summed E-state index contributed by atoms with van der Waals surface area (Å²) in [4.78, 5) is 16.7. The molecule has 1 aromatic carbocycles. The van der Waals surface area contributed by atoms with E-state index in [1.54, 1.807) is 0 Å². The third-order valence-corrected chi connectivity index (χ3v) is 6.29. The molecule has 0 saturated carbocycles. The molecule has 0 saturated heterocycles. The van der Waals surface area contributed by atoms with Crippen molar-refractivity contribution in [3.63, 3.8) is 0 Å². The lowest BCUT2D eigenvalue weighted by molar-refractivity contribution is -0.290. The van der Waals surface area contributed by atoms with E-state index in [0.29, 0.717) is 0 Å². The molecule has 3 N–H and O–H groups in total. The number of carbonyl (C=O) groups is 1. The number of hydrogen-bond acceptors (Lipinski definition) is 6. The predicted octanol–water partition coefficient (Wildman–Crippen LogP) is 3.59. The lowest BCUT2D eigenvalue weighted by Crippen LogP contribution is -2.63. The molecule has 1 aliphatic carbocycles. The van der Waals surface area contributed by atoms with Gasteiger partial charge in [0.1, 0.15) is 6.04 Å². The number of methoxy groups -OCH3 is 1. The summed E-state index contributed by atoms with van der Waals surface area (Å²) in [6.07, 6.45) is -2.78. The van der Waals surface area contributed by atoms with Crippen LogP contribution < -0.4 is 10.6 Å². The number of alkyl halides is 3. The standard InChI is InChI=1S/C23H22F5N5O3/c1-21(2)11-22(35,23(26,27)28)19(14-5-6-15(24)18(36-3)17(14)21)33(29)20(34)12-8-31-32(10-12)13-4-7-16(25)30-9-13/h4-10,19,35H,11,29H2,1-3H3/t19-,22-/m1/s1. The van der Waals surface area contributed by atoms with Gasteiger partial charge in [-0.2, -0.15) is 22.7 Å². The SMILES string of the molecule is COc1c(F)ccc2c1C(C)(C)C[C@](O)(C(F)(F)F)[C@@H]2N(N)C(=O)c1cnn(-c2ccc(F)nc2)c1. The minimum Gasteiger partial charge on any atom is -0.493 e. The van der Waals surface area contributed by atoms with E-state index < -0.39 is 47.3 Å². The van der Waals surface area contributed by atoms with E-state index in [9.17, 15) is 31.9 Å². The summed E-state index contributed by atoms with van der Waals surface area (Å²) < 4.78 is 77.0. The first-order chi connectivity index (χ1) is 16.7.